The molecular formula is C20H25N5O3S. The molecule has 3 heterocycles. The molecule has 1 atom stereocenters. The minimum absolute atomic E-state index is 0.0349. The number of furan rings is 1. The molecule has 8 nitrogen and oxygen atoms in total. The third kappa shape index (κ3) is 4.12. The van der Waals surface area contributed by atoms with Gasteiger partial charge in [-0.15, -0.1) is 0 Å². The van der Waals surface area contributed by atoms with E-state index < -0.39 is 10.0 Å². The Morgan fingerprint density at radius 2 is 1.86 bits per heavy atom. The fraction of sp³-hybridized carbons (Fsp3) is 0.400. The second kappa shape index (κ2) is 8.10. The van der Waals surface area contributed by atoms with Crippen LogP contribution in [0.2, 0.25) is 0 Å². The Morgan fingerprint density at radius 3 is 2.52 bits per heavy atom. The first-order valence-electron chi connectivity index (χ1n) is 9.69. The maximum absolute atomic E-state index is 12.6. The molecule has 0 aliphatic carbocycles. The van der Waals surface area contributed by atoms with Crippen molar-refractivity contribution >= 4 is 10.0 Å². The zero-order valence-corrected chi connectivity index (χ0v) is 17.4. The second-order valence-corrected chi connectivity index (χ2v) is 9.22. The van der Waals surface area contributed by atoms with Gasteiger partial charge in [0, 0.05) is 19.1 Å². The van der Waals surface area contributed by atoms with Gasteiger partial charge in [0.25, 0.3) is 10.0 Å². The molecule has 1 unspecified atom stereocenters. The highest BCUT2D eigenvalue weighted by molar-refractivity contribution is 7.89. The van der Waals surface area contributed by atoms with Crippen LogP contribution in [0.1, 0.15) is 37.1 Å². The molecule has 2 aromatic heterocycles. The van der Waals surface area contributed by atoms with Crippen LogP contribution in [-0.4, -0.2) is 52.5 Å². The summed E-state index contributed by atoms with van der Waals surface area (Å²) in [5.41, 5.74) is 2.09. The van der Waals surface area contributed by atoms with E-state index >= 15 is 0 Å². The highest BCUT2D eigenvalue weighted by Crippen LogP contribution is 2.26. The number of nitrogens with zero attached hydrogens (tertiary/aromatic N) is 5. The molecule has 0 saturated carbocycles. The van der Waals surface area contributed by atoms with Crippen molar-refractivity contribution in [1.82, 2.24) is 24.0 Å². The van der Waals surface area contributed by atoms with E-state index in [1.165, 1.54) is 10.6 Å². The van der Waals surface area contributed by atoms with Crippen LogP contribution in [0.15, 0.2) is 58.6 Å². The zero-order chi connectivity index (χ0) is 20.4. The van der Waals surface area contributed by atoms with E-state index in [1.54, 1.807) is 23.1 Å². The lowest BCUT2D eigenvalue weighted by molar-refractivity contribution is 0.225. The quantitative estimate of drug-likeness (QED) is 0.590. The first kappa shape index (κ1) is 19.8. The van der Waals surface area contributed by atoms with Crippen LogP contribution in [0.25, 0.3) is 5.69 Å². The smallest absolute Gasteiger partial charge is 0.276 e. The Bertz CT molecular complexity index is 1040. The van der Waals surface area contributed by atoms with E-state index in [4.69, 9.17) is 4.42 Å². The third-order valence-corrected chi connectivity index (χ3v) is 7.19. The van der Waals surface area contributed by atoms with Crippen molar-refractivity contribution in [2.24, 2.45) is 0 Å². The number of rotatable bonds is 7. The molecule has 1 aliphatic rings. The van der Waals surface area contributed by atoms with Gasteiger partial charge in [-0.2, -0.15) is 9.40 Å². The predicted molar refractivity (Wildman–Crippen MR) is 108 cm³/mol. The average Bonchev–Trinajstić information content (AvgIpc) is 3.50. The predicted octanol–water partition coefficient (Wildman–Crippen LogP) is 2.84. The van der Waals surface area contributed by atoms with Gasteiger partial charge in [0.15, 0.2) is 0 Å². The SMILES string of the molecule is CC(c1ccc(-n2cncn2)cc1)N(C)Cc1ccc(S(=O)(=O)N2CCCC2)o1. The lowest BCUT2D eigenvalue weighted by atomic mass is 10.1. The molecule has 29 heavy (non-hydrogen) atoms. The Labute approximate surface area is 170 Å². The number of sulfonamides is 1. The molecule has 154 valence electrons. The van der Waals surface area contributed by atoms with Crippen LogP contribution in [0.4, 0.5) is 0 Å². The Morgan fingerprint density at radius 1 is 1.14 bits per heavy atom. The van der Waals surface area contributed by atoms with Gasteiger partial charge in [0.1, 0.15) is 18.4 Å². The number of hydrogen-bond donors (Lipinski definition) is 0. The minimum Gasteiger partial charge on any atom is -0.447 e. The van der Waals surface area contributed by atoms with E-state index in [0.717, 1.165) is 24.1 Å². The highest BCUT2D eigenvalue weighted by atomic mass is 32.2. The monoisotopic (exact) mass is 415 g/mol. The summed E-state index contributed by atoms with van der Waals surface area (Å²) >= 11 is 0. The van der Waals surface area contributed by atoms with Crippen molar-refractivity contribution in [3.8, 4) is 5.69 Å². The Kier molecular flexibility index (Phi) is 5.53. The van der Waals surface area contributed by atoms with Gasteiger partial charge in [0.2, 0.25) is 5.09 Å². The van der Waals surface area contributed by atoms with E-state index in [0.29, 0.717) is 25.4 Å². The van der Waals surface area contributed by atoms with Gasteiger partial charge < -0.3 is 4.42 Å². The molecule has 1 aromatic carbocycles. The highest BCUT2D eigenvalue weighted by Gasteiger charge is 2.30. The summed E-state index contributed by atoms with van der Waals surface area (Å²) in [6.07, 6.45) is 4.98. The topological polar surface area (TPSA) is 84.5 Å². The molecule has 1 fully saturated rings. The van der Waals surface area contributed by atoms with Gasteiger partial charge in [-0.3, -0.25) is 4.90 Å². The van der Waals surface area contributed by atoms with Gasteiger partial charge in [-0.1, -0.05) is 12.1 Å². The van der Waals surface area contributed by atoms with Crippen molar-refractivity contribution in [2.75, 3.05) is 20.1 Å². The summed E-state index contributed by atoms with van der Waals surface area (Å²) in [5.74, 6) is 0.636. The van der Waals surface area contributed by atoms with E-state index in [-0.39, 0.29) is 11.1 Å². The van der Waals surface area contributed by atoms with Crippen LogP contribution >= 0.6 is 0 Å². The lowest BCUT2D eigenvalue weighted by Crippen LogP contribution is -2.27. The molecule has 0 spiro atoms. The van der Waals surface area contributed by atoms with Crippen molar-refractivity contribution in [2.45, 2.75) is 37.4 Å². The van der Waals surface area contributed by atoms with Crippen LogP contribution in [0, 0.1) is 0 Å². The van der Waals surface area contributed by atoms with Crippen LogP contribution in [0.3, 0.4) is 0 Å². The summed E-state index contributed by atoms with van der Waals surface area (Å²) in [6, 6.07) is 11.6. The summed E-state index contributed by atoms with van der Waals surface area (Å²) in [5, 5.41) is 4.17. The first-order valence-corrected chi connectivity index (χ1v) is 11.1. The van der Waals surface area contributed by atoms with E-state index in [9.17, 15) is 8.42 Å². The summed E-state index contributed by atoms with van der Waals surface area (Å²) < 4.78 is 34.2. The Hall–Kier alpha value is -2.49. The summed E-state index contributed by atoms with van der Waals surface area (Å²) in [6.45, 7) is 3.76. The Balaban J connectivity index is 1.42. The van der Waals surface area contributed by atoms with E-state index in [2.05, 4.69) is 34.0 Å². The minimum atomic E-state index is -3.52. The number of hydrogen-bond acceptors (Lipinski definition) is 6. The van der Waals surface area contributed by atoms with Gasteiger partial charge in [-0.25, -0.2) is 18.1 Å². The maximum Gasteiger partial charge on any atom is 0.276 e. The normalized spacial score (nSPS) is 16.5. The second-order valence-electron chi connectivity index (χ2n) is 7.35. The third-order valence-electron chi connectivity index (χ3n) is 5.42. The van der Waals surface area contributed by atoms with Crippen molar-refractivity contribution < 1.29 is 12.8 Å². The standard InChI is InChI=1S/C20H25N5O3S/c1-16(17-5-7-18(8-6-17)25-15-21-14-22-25)23(2)13-19-9-10-20(28-19)29(26,27)24-11-3-4-12-24/h5-10,14-16H,3-4,11-13H2,1-2H3. The van der Waals surface area contributed by atoms with Gasteiger partial charge in [0.05, 0.1) is 12.2 Å². The van der Waals surface area contributed by atoms with Gasteiger partial charge in [-0.05, 0) is 56.6 Å². The van der Waals surface area contributed by atoms with Crippen LogP contribution in [-0.2, 0) is 16.6 Å². The maximum atomic E-state index is 12.6. The lowest BCUT2D eigenvalue weighted by Gasteiger charge is -2.24. The van der Waals surface area contributed by atoms with Crippen molar-refractivity contribution in [3.63, 3.8) is 0 Å². The molecule has 1 saturated heterocycles. The summed E-state index contributed by atoms with van der Waals surface area (Å²) in [7, 11) is -1.52. The molecule has 0 amide bonds. The number of aromatic nitrogens is 3. The van der Waals surface area contributed by atoms with Gasteiger partial charge >= 0.3 is 0 Å². The largest absolute Gasteiger partial charge is 0.447 e. The molecule has 0 N–H and O–H groups in total. The molecule has 0 bridgehead atoms. The summed E-state index contributed by atoms with van der Waals surface area (Å²) in [4.78, 5) is 6.08. The number of benzene rings is 1. The fourth-order valence-electron chi connectivity index (χ4n) is 3.52. The van der Waals surface area contributed by atoms with E-state index in [1.807, 2.05) is 19.2 Å². The molecule has 4 rings (SSSR count). The molecule has 9 heteroatoms. The van der Waals surface area contributed by atoms with Crippen molar-refractivity contribution in [3.05, 3.63) is 60.4 Å². The molecular weight excluding hydrogens is 390 g/mol. The first-order chi connectivity index (χ1) is 13.9. The molecule has 0 radical (unpaired) electrons. The molecule has 3 aromatic rings. The molecule has 1 aliphatic heterocycles. The van der Waals surface area contributed by atoms with Crippen LogP contribution in [0.5, 0.6) is 0 Å². The van der Waals surface area contributed by atoms with Crippen LogP contribution < -0.4 is 0 Å². The zero-order valence-electron chi connectivity index (χ0n) is 16.6. The van der Waals surface area contributed by atoms with Crippen molar-refractivity contribution in [1.29, 1.82) is 0 Å². The average molecular weight is 416 g/mol. The fourth-order valence-corrected chi connectivity index (χ4v) is 4.97.